The molecule has 1 amide bonds. The van der Waals surface area contributed by atoms with Crippen molar-refractivity contribution >= 4 is 28.5 Å². The summed E-state index contributed by atoms with van der Waals surface area (Å²) in [6.07, 6.45) is 0.799. The number of pyridine rings is 1. The summed E-state index contributed by atoms with van der Waals surface area (Å²) < 4.78 is 68.9. The first-order valence-electron chi connectivity index (χ1n) is 13.5. The molecular formula is C30H26F5N5O3. The first kappa shape index (κ1) is 29.8. The van der Waals surface area contributed by atoms with Gasteiger partial charge in [-0.15, -0.1) is 0 Å². The third kappa shape index (κ3) is 6.25. The number of benzene rings is 2. The van der Waals surface area contributed by atoms with Crippen LogP contribution in [0.15, 0.2) is 48.8 Å². The van der Waals surface area contributed by atoms with Crippen LogP contribution in [0.4, 0.5) is 27.6 Å². The molecule has 0 fully saturated rings. The summed E-state index contributed by atoms with van der Waals surface area (Å²) in [7, 11) is 0. The van der Waals surface area contributed by atoms with Crippen LogP contribution in [0.3, 0.4) is 0 Å². The first-order chi connectivity index (χ1) is 20.5. The average Bonchev–Trinajstić information content (AvgIpc) is 3.42. The van der Waals surface area contributed by atoms with E-state index in [1.165, 1.54) is 6.92 Å². The summed E-state index contributed by atoms with van der Waals surface area (Å²) in [6.45, 7) is 1.25. The van der Waals surface area contributed by atoms with Gasteiger partial charge in [-0.05, 0) is 61.1 Å². The Balaban J connectivity index is 1.40. The number of aryl methyl sites for hydroxylation is 2. The molecule has 0 radical (unpaired) electrons. The monoisotopic (exact) mass is 599 g/mol. The molecule has 8 nitrogen and oxygen atoms in total. The van der Waals surface area contributed by atoms with E-state index in [-0.39, 0.29) is 6.42 Å². The van der Waals surface area contributed by atoms with Gasteiger partial charge in [0.1, 0.15) is 29.3 Å². The fraction of sp³-hybridized carbons (Fsp3) is 0.300. The number of carbonyl (C=O) groups excluding carboxylic acids is 1. The molecule has 0 aliphatic heterocycles. The van der Waals surface area contributed by atoms with Crippen molar-refractivity contribution in [3.05, 3.63) is 82.8 Å². The quantitative estimate of drug-likeness (QED) is 0.213. The lowest BCUT2D eigenvalue weighted by Gasteiger charge is -2.22. The van der Waals surface area contributed by atoms with E-state index < -0.39 is 59.4 Å². The van der Waals surface area contributed by atoms with Crippen molar-refractivity contribution in [1.29, 1.82) is 0 Å². The molecule has 0 saturated carbocycles. The Morgan fingerprint density at radius 1 is 1.07 bits per heavy atom. The molecule has 2 heterocycles. The zero-order chi connectivity index (χ0) is 30.9. The molecule has 3 N–H and O–H groups in total. The second-order valence-corrected chi connectivity index (χ2v) is 10.2. The fourth-order valence-electron chi connectivity index (χ4n) is 5.17. The number of carboxylic acid groups (broad SMARTS) is 1. The minimum atomic E-state index is -4.67. The van der Waals surface area contributed by atoms with Gasteiger partial charge in [-0.25, -0.2) is 23.5 Å². The predicted octanol–water partition coefficient (Wildman–Crippen LogP) is 5.64. The van der Waals surface area contributed by atoms with Crippen LogP contribution in [0.2, 0.25) is 0 Å². The maximum absolute atomic E-state index is 14.8. The smallest absolute Gasteiger partial charge is 0.408 e. The second kappa shape index (κ2) is 11.9. The number of carboxylic acids is 1. The van der Waals surface area contributed by atoms with Crippen molar-refractivity contribution in [2.45, 2.75) is 57.3 Å². The van der Waals surface area contributed by atoms with E-state index in [4.69, 9.17) is 0 Å². The minimum absolute atomic E-state index is 0.263. The summed E-state index contributed by atoms with van der Waals surface area (Å²) >= 11 is 0. The van der Waals surface area contributed by atoms with Crippen molar-refractivity contribution in [1.82, 2.24) is 20.3 Å². The van der Waals surface area contributed by atoms with Gasteiger partial charge in [0.15, 0.2) is 5.82 Å². The molecule has 2 atom stereocenters. The summed E-state index contributed by atoms with van der Waals surface area (Å²) in [5, 5.41) is 14.6. The highest BCUT2D eigenvalue weighted by atomic mass is 19.4. The van der Waals surface area contributed by atoms with Gasteiger partial charge in [-0.3, -0.25) is 9.78 Å². The average molecular weight is 600 g/mol. The van der Waals surface area contributed by atoms with Crippen LogP contribution in [0.5, 0.6) is 0 Å². The van der Waals surface area contributed by atoms with E-state index in [1.807, 2.05) is 5.32 Å². The molecule has 0 saturated heterocycles. The highest BCUT2D eigenvalue weighted by Crippen LogP contribution is 2.31. The van der Waals surface area contributed by atoms with Crippen LogP contribution in [-0.4, -0.2) is 50.2 Å². The molecule has 0 bridgehead atoms. The lowest BCUT2D eigenvalue weighted by molar-refractivity contribution is -0.143. The molecule has 0 spiro atoms. The Bertz CT molecular complexity index is 1690. The minimum Gasteiger partial charge on any atom is -0.480 e. The van der Waals surface area contributed by atoms with Gasteiger partial charge in [0.05, 0.1) is 5.52 Å². The largest absolute Gasteiger partial charge is 0.480 e. The number of nitrogens with zero attached hydrogens (tertiary/aromatic N) is 3. The number of alkyl halides is 3. The molecule has 5 rings (SSSR count). The summed E-state index contributed by atoms with van der Waals surface area (Å²) in [4.78, 5) is 38.6. The van der Waals surface area contributed by atoms with Crippen molar-refractivity contribution in [2.24, 2.45) is 0 Å². The molecule has 13 heteroatoms. The van der Waals surface area contributed by atoms with E-state index >= 15 is 0 Å². The van der Waals surface area contributed by atoms with Gasteiger partial charge < -0.3 is 15.7 Å². The first-order valence-corrected chi connectivity index (χ1v) is 13.5. The third-order valence-corrected chi connectivity index (χ3v) is 7.36. The molecular weight excluding hydrogens is 573 g/mol. The normalized spacial score (nSPS) is 14.3. The Hall–Kier alpha value is -4.68. The third-order valence-electron chi connectivity index (χ3n) is 7.36. The lowest BCUT2D eigenvalue weighted by Crippen LogP contribution is -2.43. The second-order valence-electron chi connectivity index (χ2n) is 10.2. The number of aromatic nitrogens is 3. The van der Waals surface area contributed by atoms with Crippen LogP contribution in [0.1, 0.15) is 46.9 Å². The van der Waals surface area contributed by atoms with E-state index in [9.17, 15) is 36.6 Å². The Morgan fingerprint density at radius 2 is 1.81 bits per heavy atom. The molecule has 2 aromatic carbocycles. The Morgan fingerprint density at radius 3 is 2.49 bits per heavy atom. The molecule has 1 aliphatic carbocycles. The maximum Gasteiger partial charge on any atom is 0.408 e. The Kier molecular flexibility index (Phi) is 8.25. The number of halogens is 5. The standard InChI is InChI=1S/C30H26F5N5O3/c1-2-24(30(33,34)35)38-17-12-20(31)25(21(32)13-17)28(41)40-23(29(42)43)11-15-8-9-19(26-18(15)6-4-10-36-26)27-37-14-16-5-3-7-22(16)39-27/h4,6,8-10,12-14,23-24,38H,2-3,5,7,11H2,1H3,(H,40,41)(H,42,43)/t23-,24+/m0/s1. The Labute approximate surface area is 242 Å². The SMILES string of the molecule is CC[C@@H](Nc1cc(F)c(C(=O)N[C@@H](Cc2ccc(-c3ncc4c(n3)CCC4)c3ncccc23)C(=O)O)c(F)c1)C(F)(F)F. The number of anilines is 1. The zero-order valence-corrected chi connectivity index (χ0v) is 22.8. The van der Waals surface area contributed by atoms with Gasteiger partial charge in [-0.2, -0.15) is 13.2 Å². The van der Waals surface area contributed by atoms with E-state index in [2.05, 4.69) is 20.3 Å². The van der Waals surface area contributed by atoms with Crippen LogP contribution < -0.4 is 10.6 Å². The molecule has 0 unspecified atom stereocenters. The number of nitrogens with one attached hydrogen (secondary N) is 2. The number of amides is 1. The van der Waals surface area contributed by atoms with Gasteiger partial charge in [0.2, 0.25) is 0 Å². The summed E-state index contributed by atoms with van der Waals surface area (Å²) in [5.74, 6) is -5.26. The molecule has 224 valence electrons. The van der Waals surface area contributed by atoms with Crippen molar-refractivity contribution < 1.29 is 36.6 Å². The summed E-state index contributed by atoms with van der Waals surface area (Å²) in [5.41, 5.74) is 2.07. The fourth-order valence-corrected chi connectivity index (χ4v) is 5.17. The van der Waals surface area contributed by atoms with Gasteiger partial charge in [0.25, 0.3) is 5.91 Å². The molecule has 2 aromatic heterocycles. The zero-order valence-electron chi connectivity index (χ0n) is 22.8. The van der Waals surface area contributed by atoms with Crippen molar-refractivity contribution in [3.63, 3.8) is 0 Å². The number of aliphatic carboxylic acids is 1. The predicted molar refractivity (Wildman–Crippen MR) is 148 cm³/mol. The van der Waals surface area contributed by atoms with E-state index in [0.717, 1.165) is 30.5 Å². The number of hydrogen-bond acceptors (Lipinski definition) is 6. The van der Waals surface area contributed by atoms with Gasteiger partial charge in [0, 0.05) is 41.1 Å². The number of carbonyl (C=O) groups is 2. The van der Waals surface area contributed by atoms with Gasteiger partial charge >= 0.3 is 12.1 Å². The molecule has 1 aliphatic rings. The number of rotatable bonds is 9. The maximum atomic E-state index is 14.8. The van der Waals surface area contributed by atoms with Crippen molar-refractivity contribution in [3.8, 4) is 11.4 Å². The number of hydrogen-bond donors (Lipinski definition) is 3. The van der Waals surface area contributed by atoms with Crippen LogP contribution >= 0.6 is 0 Å². The van der Waals surface area contributed by atoms with E-state index in [0.29, 0.717) is 40.0 Å². The van der Waals surface area contributed by atoms with Crippen LogP contribution in [-0.2, 0) is 24.1 Å². The molecule has 43 heavy (non-hydrogen) atoms. The highest BCUT2D eigenvalue weighted by molar-refractivity contribution is 5.98. The lowest BCUT2D eigenvalue weighted by atomic mass is 9.97. The highest BCUT2D eigenvalue weighted by Gasteiger charge is 2.38. The molecule has 4 aromatic rings. The van der Waals surface area contributed by atoms with Gasteiger partial charge in [-0.1, -0.05) is 19.1 Å². The van der Waals surface area contributed by atoms with E-state index in [1.54, 1.807) is 36.7 Å². The summed E-state index contributed by atoms with van der Waals surface area (Å²) in [6, 6.07) is 4.20. The topological polar surface area (TPSA) is 117 Å². The number of fused-ring (bicyclic) bond motifs is 2. The van der Waals surface area contributed by atoms with Crippen LogP contribution in [0.25, 0.3) is 22.3 Å². The van der Waals surface area contributed by atoms with Crippen LogP contribution in [0, 0.1) is 11.6 Å². The van der Waals surface area contributed by atoms with Crippen molar-refractivity contribution in [2.75, 3.05) is 5.32 Å².